The van der Waals surface area contributed by atoms with Crippen LogP contribution in [0.2, 0.25) is 0 Å². The van der Waals surface area contributed by atoms with E-state index in [1.165, 1.54) is 13.0 Å². The van der Waals surface area contributed by atoms with Crippen LogP contribution in [0, 0.1) is 11.8 Å². The molecular formula is C13H11F3O2S. The van der Waals surface area contributed by atoms with E-state index in [2.05, 4.69) is 11.8 Å². The van der Waals surface area contributed by atoms with Gasteiger partial charge in [0.1, 0.15) is 5.75 Å². The van der Waals surface area contributed by atoms with Gasteiger partial charge in [0.25, 0.3) is 0 Å². The molecule has 0 aliphatic heterocycles. The fourth-order valence-electron chi connectivity index (χ4n) is 1.25. The van der Waals surface area contributed by atoms with E-state index in [0.717, 1.165) is 23.9 Å². The molecule has 0 saturated carbocycles. The molecule has 1 aromatic rings. The highest BCUT2D eigenvalue weighted by Crippen LogP contribution is 2.35. The number of carbonyl (C=O) groups is 1. The highest BCUT2D eigenvalue weighted by Gasteiger charge is 2.33. The van der Waals surface area contributed by atoms with Crippen molar-refractivity contribution < 1.29 is 23.1 Å². The minimum Gasteiger partial charge on any atom is -0.507 e. The fraction of sp³-hybridized carbons (Fsp3) is 0.308. The molecule has 1 N–H and O–H groups in total. The lowest BCUT2D eigenvalue weighted by molar-refractivity contribution is -0.138. The number of alkyl halides is 3. The van der Waals surface area contributed by atoms with E-state index in [4.69, 9.17) is 5.11 Å². The van der Waals surface area contributed by atoms with Gasteiger partial charge in [-0.1, -0.05) is 23.6 Å². The maximum atomic E-state index is 12.5. The summed E-state index contributed by atoms with van der Waals surface area (Å²) in [5, 5.41) is 9.11. The van der Waals surface area contributed by atoms with Gasteiger partial charge in [-0.15, -0.1) is 0 Å². The van der Waals surface area contributed by atoms with Crippen molar-refractivity contribution in [1.82, 2.24) is 0 Å². The van der Waals surface area contributed by atoms with Crippen molar-refractivity contribution in [1.29, 1.82) is 0 Å². The number of halogens is 3. The first-order chi connectivity index (χ1) is 8.80. The van der Waals surface area contributed by atoms with Gasteiger partial charge in [0.15, 0.2) is 5.12 Å². The molecule has 1 aromatic carbocycles. The molecule has 0 amide bonds. The Labute approximate surface area is 113 Å². The highest BCUT2D eigenvalue weighted by molar-refractivity contribution is 8.13. The van der Waals surface area contributed by atoms with Gasteiger partial charge >= 0.3 is 6.18 Å². The number of rotatable bonds is 2. The summed E-state index contributed by atoms with van der Waals surface area (Å²) in [5.74, 6) is 4.95. The monoisotopic (exact) mass is 288 g/mol. The Bertz CT molecular complexity index is 527. The number of thioether (sulfide) groups is 1. The zero-order valence-corrected chi connectivity index (χ0v) is 10.9. The van der Waals surface area contributed by atoms with Gasteiger partial charge in [0.05, 0.1) is 5.56 Å². The van der Waals surface area contributed by atoms with Gasteiger partial charge in [-0.05, 0) is 18.2 Å². The zero-order chi connectivity index (χ0) is 14.5. The van der Waals surface area contributed by atoms with E-state index in [-0.39, 0.29) is 10.7 Å². The van der Waals surface area contributed by atoms with Crippen molar-refractivity contribution >= 4 is 16.9 Å². The smallest absolute Gasteiger partial charge is 0.419 e. The van der Waals surface area contributed by atoms with Gasteiger partial charge in [-0.3, -0.25) is 4.79 Å². The second kappa shape index (κ2) is 6.53. The summed E-state index contributed by atoms with van der Waals surface area (Å²) in [7, 11) is 0. The van der Waals surface area contributed by atoms with Crippen molar-refractivity contribution in [2.45, 2.75) is 19.5 Å². The molecule has 0 unspecified atom stereocenters. The lowest BCUT2D eigenvalue weighted by Crippen LogP contribution is -2.05. The minimum absolute atomic E-state index is 0.0224. The normalized spacial score (nSPS) is 10.7. The second-order valence-corrected chi connectivity index (χ2v) is 4.89. The van der Waals surface area contributed by atoms with Gasteiger partial charge in [0, 0.05) is 24.7 Å². The summed E-state index contributed by atoms with van der Waals surface area (Å²) in [6.07, 6.45) is -4.20. The second-order valence-electron chi connectivity index (χ2n) is 3.62. The number of hydrogen-bond donors (Lipinski definition) is 1. The van der Waals surface area contributed by atoms with E-state index in [1.807, 2.05) is 0 Å². The summed E-state index contributed by atoms with van der Waals surface area (Å²) >= 11 is 1.11. The van der Waals surface area contributed by atoms with E-state index in [1.54, 1.807) is 0 Å². The molecule has 0 fully saturated rings. The largest absolute Gasteiger partial charge is 0.507 e. The molecule has 0 aliphatic carbocycles. The Hall–Kier alpha value is -1.61. The molecule has 0 aromatic heterocycles. The van der Waals surface area contributed by atoms with Crippen molar-refractivity contribution in [3.05, 3.63) is 29.3 Å². The number of phenolic OH excluding ortho intramolecular Hbond substituents is 1. The van der Waals surface area contributed by atoms with E-state index >= 15 is 0 Å². The standard InChI is InChI=1S/C13H11F3O2S/c1-9(17)19-7-3-2-4-10-5-6-12(18)11(8-10)13(14,15)16/h5-6,8,18H,3,7H2,1H3. The average Bonchev–Trinajstić information content (AvgIpc) is 2.28. The predicted octanol–water partition coefficient (Wildman–Crippen LogP) is 3.43. The third kappa shape index (κ3) is 5.26. The zero-order valence-electron chi connectivity index (χ0n) is 10.0. The summed E-state index contributed by atoms with van der Waals surface area (Å²) < 4.78 is 37.5. The molecular weight excluding hydrogens is 277 g/mol. The quantitative estimate of drug-likeness (QED) is 0.669. The molecule has 6 heteroatoms. The topological polar surface area (TPSA) is 37.3 Å². The summed E-state index contributed by atoms with van der Waals surface area (Å²) in [6.45, 7) is 1.44. The lowest BCUT2D eigenvalue weighted by Gasteiger charge is -2.08. The van der Waals surface area contributed by atoms with E-state index < -0.39 is 17.5 Å². The number of phenols is 1. The Kier molecular flexibility index (Phi) is 5.31. The third-order valence-corrected chi connectivity index (χ3v) is 2.88. The van der Waals surface area contributed by atoms with Crippen LogP contribution in [0.3, 0.4) is 0 Å². The molecule has 1 rings (SSSR count). The first-order valence-corrected chi connectivity index (χ1v) is 6.31. The molecule has 0 heterocycles. The number of hydrogen-bond acceptors (Lipinski definition) is 3. The molecule has 0 atom stereocenters. The Morgan fingerprint density at radius 3 is 2.68 bits per heavy atom. The van der Waals surface area contributed by atoms with Crippen LogP contribution in [0.5, 0.6) is 5.75 Å². The summed E-state index contributed by atoms with van der Waals surface area (Å²) in [4.78, 5) is 10.6. The molecule has 0 radical (unpaired) electrons. The lowest BCUT2D eigenvalue weighted by atomic mass is 10.1. The third-order valence-electron chi connectivity index (χ3n) is 2.07. The van der Waals surface area contributed by atoms with Crippen molar-refractivity contribution in [3.8, 4) is 17.6 Å². The van der Waals surface area contributed by atoms with Crippen molar-refractivity contribution in [2.75, 3.05) is 5.75 Å². The van der Waals surface area contributed by atoms with Crippen molar-refractivity contribution in [2.24, 2.45) is 0 Å². The van der Waals surface area contributed by atoms with Crippen LogP contribution in [-0.4, -0.2) is 16.0 Å². The van der Waals surface area contributed by atoms with E-state index in [0.29, 0.717) is 12.2 Å². The molecule has 0 aliphatic rings. The first-order valence-electron chi connectivity index (χ1n) is 5.33. The Balaban J connectivity index is 2.75. The van der Waals surface area contributed by atoms with Crippen LogP contribution >= 0.6 is 11.8 Å². The summed E-state index contributed by atoms with van der Waals surface area (Å²) in [5.41, 5.74) is -0.921. The average molecular weight is 288 g/mol. The maximum absolute atomic E-state index is 12.5. The maximum Gasteiger partial charge on any atom is 0.419 e. The number of aromatic hydroxyl groups is 1. The SMILES string of the molecule is CC(=O)SCCC#Cc1ccc(O)c(C(F)(F)F)c1. The molecule has 0 saturated heterocycles. The van der Waals surface area contributed by atoms with Crippen LogP contribution in [-0.2, 0) is 11.0 Å². The van der Waals surface area contributed by atoms with E-state index in [9.17, 15) is 18.0 Å². The molecule has 0 spiro atoms. The van der Waals surface area contributed by atoms with Crippen LogP contribution in [0.15, 0.2) is 18.2 Å². The van der Waals surface area contributed by atoms with Gasteiger partial charge in [0.2, 0.25) is 0 Å². The minimum atomic E-state index is -4.60. The Morgan fingerprint density at radius 1 is 1.42 bits per heavy atom. The molecule has 19 heavy (non-hydrogen) atoms. The number of benzene rings is 1. The number of carbonyl (C=O) groups excluding carboxylic acids is 1. The van der Waals surface area contributed by atoms with Crippen LogP contribution in [0.1, 0.15) is 24.5 Å². The first kappa shape index (κ1) is 15.4. The van der Waals surface area contributed by atoms with Crippen LogP contribution < -0.4 is 0 Å². The molecule has 2 nitrogen and oxygen atoms in total. The summed E-state index contributed by atoms with van der Waals surface area (Å²) in [6, 6.07) is 3.09. The van der Waals surface area contributed by atoms with Gasteiger partial charge in [-0.2, -0.15) is 13.2 Å². The van der Waals surface area contributed by atoms with Gasteiger partial charge < -0.3 is 5.11 Å². The van der Waals surface area contributed by atoms with Crippen molar-refractivity contribution in [3.63, 3.8) is 0 Å². The predicted molar refractivity (Wildman–Crippen MR) is 67.7 cm³/mol. The van der Waals surface area contributed by atoms with Crippen LogP contribution in [0.25, 0.3) is 0 Å². The fourth-order valence-corrected chi connectivity index (χ4v) is 1.74. The molecule has 102 valence electrons. The highest BCUT2D eigenvalue weighted by atomic mass is 32.2. The molecule has 0 bridgehead atoms. The Morgan fingerprint density at radius 2 is 2.11 bits per heavy atom. The van der Waals surface area contributed by atoms with Crippen LogP contribution in [0.4, 0.5) is 13.2 Å². The van der Waals surface area contributed by atoms with Gasteiger partial charge in [-0.25, -0.2) is 0 Å².